The van der Waals surface area contributed by atoms with E-state index >= 15 is 0 Å². The monoisotopic (exact) mass is 186 g/mol. The zero-order valence-corrected chi connectivity index (χ0v) is 8.08. The Morgan fingerprint density at radius 3 is 3.00 bits per heavy atom. The molecule has 0 aromatic rings. The number of carbonyl (C=O) groups is 1. The molecule has 2 atom stereocenters. The van der Waals surface area contributed by atoms with Crippen LogP contribution in [-0.2, 0) is 9.53 Å². The number of carbonyl (C=O) groups excluding carboxylic acids is 1. The van der Waals surface area contributed by atoms with Gasteiger partial charge < -0.3 is 15.8 Å². The molecule has 0 spiro atoms. The van der Waals surface area contributed by atoms with Gasteiger partial charge in [0.05, 0.1) is 0 Å². The van der Waals surface area contributed by atoms with Crippen LogP contribution in [0.1, 0.15) is 26.2 Å². The van der Waals surface area contributed by atoms with Crippen LogP contribution in [0.25, 0.3) is 0 Å². The third-order valence-corrected chi connectivity index (χ3v) is 2.35. The first kappa shape index (κ1) is 10.5. The van der Waals surface area contributed by atoms with Crippen LogP contribution in [-0.4, -0.2) is 31.2 Å². The van der Waals surface area contributed by atoms with Crippen molar-refractivity contribution in [3.63, 3.8) is 0 Å². The van der Waals surface area contributed by atoms with Crippen LogP contribution in [0.2, 0.25) is 0 Å². The van der Waals surface area contributed by atoms with Crippen LogP contribution in [0.5, 0.6) is 0 Å². The van der Waals surface area contributed by atoms with Crippen molar-refractivity contribution < 1.29 is 9.53 Å². The van der Waals surface area contributed by atoms with Crippen LogP contribution >= 0.6 is 0 Å². The first-order valence-electron chi connectivity index (χ1n) is 4.91. The van der Waals surface area contributed by atoms with Gasteiger partial charge in [0.25, 0.3) is 0 Å². The zero-order chi connectivity index (χ0) is 9.68. The van der Waals surface area contributed by atoms with Crippen molar-refractivity contribution in [1.29, 1.82) is 0 Å². The van der Waals surface area contributed by atoms with Crippen molar-refractivity contribution >= 4 is 5.97 Å². The van der Waals surface area contributed by atoms with Crippen LogP contribution < -0.4 is 11.1 Å². The van der Waals surface area contributed by atoms with Crippen LogP contribution in [0.15, 0.2) is 0 Å². The standard InChI is InChI=1S/C9H18N2O2/c1-2-7(6-10)13-9(12)8-4-3-5-11-8/h7-8,11H,2-6,10H2,1H3/t7?,8-/m0/s1. The molecule has 0 bridgehead atoms. The average Bonchev–Trinajstić information content (AvgIpc) is 2.66. The molecule has 0 aliphatic carbocycles. The molecule has 0 saturated carbocycles. The molecule has 0 aromatic carbocycles. The van der Waals surface area contributed by atoms with Crippen molar-refractivity contribution in [2.75, 3.05) is 13.1 Å². The van der Waals surface area contributed by atoms with E-state index in [0.717, 1.165) is 25.8 Å². The first-order valence-corrected chi connectivity index (χ1v) is 4.91. The Morgan fingerprint density at radius 2 is 2.54 bits per heavy atom. The van der Waals surface area contributed by atoms with Gasteiger partial charge in [-0.2, -0.15) is 0 Å². The third-order valence-electron chi connectivity index (χ3n) is 2.35. The van der Waals surface area contributed by atoms with Crippen molar-refractivity contribution in [1.82, 2.24) is 5.32 Å². The summed E-state index contributed by atoms with van der Waals surface area (Å²) in [5, 5.41) is 3.09. The molecule has 1 aliphatic rings. The summed E-state index contributed by atoms with van der Waals surface area (Å²) in [6, 6.07) is -0.0967. The molecule has 4 nitrogen and oxygen atoms in total. The number of hydrogen-bond donors (Lipinski definition) is 2. The molecule has 1 heterocycles. The zero-order valence-electron chi connectivity index (χ0n) is 8.08. The molecular formula is C9H18N2O2. The fourth-order valence-electron chi connectivity index (χ4n) is 1.43. The SMILES string of the molecule is CCC(CN)OC(=O)[C@@H]1CCCN1. The number of ether oxygens (including phenoxy) is 1. The summed E-state index contributed by atoms with van der Waals surface area (Å²) in [4.78, 5) is 11.4. The third kappa shape index (κ3) is 2.97. The van der Waals surface area contributed by atoms with Gasteiger partial charge in [-0.3, -0.25) is 4.79 Å². The van der Waals surface area contributed by atoms with E-state index in [9.17, 15) is 4.79 Å². The lowest BCUT2D eigenvalue weighted by molar-refractivity contribution is -0.150. The molecule has 1 rings (SSSR count). The number of nitrogens with one attached hydrogen (secondary N) is 1. The maximum Gasteiger partial charge on any atom is 0.323 e. The van der Waals surface area contributed by atoms with Gasteiger partial charge >= 0.3 is 5.97 Å². The summed E-state index contributed by atoms with van der Waals surface area (Å²) < 4.78 is 5.21. The largest absolute Gasteiger partial charge is 0.460 e. The van der Waals surface area contributed by atoms with Crippen LogP contribution in [0.4, 0.5) is 0 Å². The van der Waals surface area contributed by atoms with Gasteiger partial charge in [0.15, 0.2) is 0 Å². The fraction of sp³-hybridized carbons (Fsp3) is 0.889. The molecule has 1 saturated heterocycles. The van der Waals surface area contributed by atoms with Crippen molar-refractivity contribution in [3.05, 3.63) is 0 Å². The first-order chi connectivity index (χ1) is 6.27. The van der Waals surface area contributed by atoms with E-state index in [-0.39, 0.29) is 18.1 Å². The molecule has 4 heteroatoms. The van der Waals surface area contributed by atoms with Gasteiger partial charge in [-0.15, -0.1) is 0 Å². The number of esters is 1. The highest BCUT2D eigenvalue weighted by atomic mass is 16.5. The minimum absolute atomic E-state index is 0.0967. The van der Waals surface area contributed by atoms with Gasteiger partial charge in [0.2, 0.25) is 0 Å². The Balaban J connectivity index is 2.30. The van der Waals surface area contributed by atoms with E-state index < -0.39 is 0 Å². The summed E-state index contributed by atoms with van der Waals surface area (Å²) in [5.74, 6) is -0.144. The maximum absolute atomic E-state index is 11.4. The normalized spacial score (nSPS) is 24.3. The molecule has 1 unspecified atom stereocenters. The quantitative estimate of drug-likeness (QED) is 0.607. The molecule has 0 amide bonds. The Bertz CT molecular complexity index is 163. The minimum Gasteiger partial charge on any atom is -0.460 e. The molecule has 3 N–H and O–H groups in total. The lowest BCUT2D eigenvalue weighted by Crippen LogP contribution is -2.36. The van der Waals surface area contributed by atoms with Crippen LogP contribution in [0, 0.1) is 0 Å². The van der Waals surface area contributed by atoms with E-state index in [4.69, 9.17) is 10.5 Å². The highest BCUT2D eigenvalue weighted by molar-refractivity contribution is 5.76. The van der Waals surface area contributed by atoms with E-state index in [1.165, 1.54) is 0 Å². The lowest BCUT2D eigenvalue weighted by Gasteiger charge is -2.16. The van der Waals surface area contributed by atoms with Crippen molar-refractivity contribution in [2.45, 2.75) is 38.3 Å². The molecule has 1 fully saturated rings. The van der Waals surface area contributed by atoms with Gasteiger partial charge in [0, 0.05) is 6.54 Å². The van der Waals surface area contributed by atoms with Crippen LogP contribution in [0.3, 0.4) is 0 Å². The van der Waals surface area contributed by atoms with Gasteiger partial charge in [0.1, 0.15) is 12.1 Å². The second kappa shape index (κ2) is 5.19. The fourth-order valence-corrected chi connectivity index (χ4v) is 1.43. The van der Waals surface area contributed by atoms with E-state index in [2.05, 4.69) is 5.32 Å². The Hall–Kier alpha value is -0.610. The van der Waals surface area contributed by atoms with Gasteiger partial charge in [-0.1, -0.05) is 6.92 Å². The topological polar surface area (TPSA) is 64.3 Å². The van der Waals surface area contributed by atoms with E-state index in [1.54, 1.807) is 0 Å². The van der Waals surface area contributed by atoms with Gasteiger partial charge in [-0.05, 0) is 25.8 Å². The number of nitrogens with two attached hydrogens (primary N) is 1. The Labute approximate surface area is 78.8 Å². The smallest absolute Gasteiger partial charge is 0.323 e. The van der Waals surface area contributed by atoms with E-state index in [1.807, 2.05) is 6.92 Å². The summed E-state index contributed by atoms with van der Waals surface area (Å²) in [6.45, 7) is 3.29. The Morgan fingerprint density at radius 1 is 1.77 bits per heavy atom. The predicted octanol–water partition coefficient (Wildman–Crippen LogP) is 0.0189. The molecule has 1 aliphatic heterocycles. The molecule has 76 valence electrons. The van der Waals surface area contributed by atoms with E-state index in [0.29, 0.717) is 6.54 Å². The Kier molecular flexibility index (Phi) is 4.18. The molecule has 0 aromatic heterocycles. The van der Waals surface area contributed by atoms with Crippen molar-refractivity contribution in [2.24, 2.45) is 5.73 Å². The second-order valence-electron chi connectivity index (χ2n) is 3.35. The number of hydrogen-bond acceptors (Lipinski definition) is 4. The lowest BCUT2D eigenvalue weighted by atomic mass is 10.2. The summed E-state index contributed by atoms with van der Waals surface area (Å²) in [7, 11) is 0. The highest BCUT2D eigenvalue weighted by Crippen LogP contribution is 2.08. The highest BCUT2D eigenvalue weighted by Gasteiger charge is 2.24. The second-order valence-corrected chi connectivity index (χ2v) is 3.35. The summed E-state index contributed by atoms with van der Waals surface area (Å²) in [5.41, 5.74) is 5.43. The van der Waals surface area contributed by atoms with Gasteiger partial charge in [-0.25, -0.2) is 0 Å². The molecular weight excluding hydrogens is 168 g/mol. The maximum atomic E-state index is 11.4. The predicted molar refractivity (Wildman–Crippen MR) is 50.3 cm³/mol. The summed E-state index contributed by atoms with van der Waals surface area (Å²) in [6.07, 6.45) is 2.61. The number of rotatable bonds is 4. The minimum atomic E-state index is -0.144. The summed E-state index contributed by atoms with van der Waals surface area (Å²) >= 11 is 0. The van der Waals surface area contributed by atoms with Crippen molar-refractivity contribution in [3.8, 4) is 0 Å². The average molecular weight is 186 g/mol. The molecule has 13 heavy (non-hydrogen) atoms. The molecule has 0 radical (unpaired) electrons.